The van der Waals surface area contributed by atoms with Gasteiger partial charge in [-0.2, -0.15) is 8.42 Å². The Morgan fingerprint density at radius 3 is 1.57 bits per heavy atom. The van der Waals surface area contributed by atoms with Gasteiger partial charge in [-0.25, -0.2) is 0 Å². The van der Waals surface area contributed by atoms with E-state index in [1.54, 1.807) is 0 Å². The van der Waals surface area contributed by atoms with Crippen LogP contribution in [0.5, 0.6) is 0 Å². The van der Waals surface area contributed by atoms with Gasteiger partial charge in [-0.05, 0) is 0 Å². The van der Waals surface area contributed by atoms with E-state index in [4.69, 9.17) is 8.42 Å². The lowest BCUT2D eigenvalue weighted by Crippen LogP contribution is -2.01. The van der Waals surface area contributed by atoms with Crippen molar-refractivity contribution in [2.45, 2.75) is 6.92 Å². The van der Waals surface area contributed by atoms with E-state index in [9.17, 15) is 4.79 Å². The van der Waals surface area contributed by atoms with E-state index < -0.39 is 11.6 Å². The van der Waals surface area contributed by atoms with Crippen LogP contribution in [0.25, 0.3) is 0 Å². The van der Waals surface area contributed by atoms with Crippen LogP contribution in [0.3, 0.4) is 0 Å². The van der Waals surface area contributed by atoms with Gasteiger partial charge in [0.2, 0.25) is 5.91 Å². The summed E-state index contributed by atoms with van der Waals surface area (Å²) < 4.78 is 16.6. The van der Waals surface area contributed by atoms with Gasteiger partial charge in [0.05, 0.1) is 0 Å². The molecule has 0 aromatic rings. The van der Waals surface area contributed by atoms with Crippen molar-refractivity contribution >= 4 is 17.5 Å². The highest BCUT2D eigenvalue weighted by molar-refractivity contribution is 7.51. The number of carbonyl (C=O) groups is 1. The quantitative estimate of drug-likeness (QED) is 0.440. The maximum Gasteiger partial charge on any atom is 0.335 e. The molecule has 0 bridgehead atoms. The van der Waals surface area contributed by atoms with Gasteiger partial charge in [0, 0.05) is 6.92 Å². The summed E-state index contributed by atoms with van der Waals surface area (Å²) in [6, 6.07) is 0. The number of hydrogen-bond acceptors (Lipinski definition) is 3. The van der Waals surface area contributed by atoms with Gasteiger partial charge in [0.15, 0.2) is 0 Å². The fraction of sp³-hybridized carbons (Fsp3) is 0.500. The topological polar surface area (TPSA) is 77.2 Å². The second-order valence-corrected chi connectivity index (χ2v) is 0.815. The lowest BCUT2D eigenvalue weighted by Gasteiger charge is -1.60. The molecular weight excluding hydrogens is 118 g/mol. The molecule has 0 unspecified atom stereocenters. The minimum Gasteiger partial charge on any atom is -0.370 e. The van der Waals surface area contributed by atoms with Gasteiger partial charge in [0.25, 0.3) is 0 Å². The molecule has 1 amide bonds. The van der Waals surface area contributed by atoms with Crippen molar-refractivity contribution in [1.82, 2.24) is 0 Å². The molecule has 42 valence electrons. The first kappa shape index (κ1) is 9.56. The third-order valence-corrected chi connectivity index (χ3v) is 0. The first-order valence-electron chi connectivity index (χ1n) is 1.33. The summed E-state index contributed by atoms with van der Waals surface area (Å²) in [6.45, 7) is 1.31. The summed E-state index contributed by atoms with van der Waals surface area (Å²) in [7, 11) is 0. The van der Waals surface area contributed by atoms with Crippen molar-refractivity contribution in [1.29, 1.82) is 0 Å². The van der Waals surface area contributed by atoms with E-state index in [0.29, 0.717) is 0 Å². The van der Waals surface area contributed by atoms with Crippen molar-refractivity contribution < 1.29 is 13.2 Å². The Balaban J connectivity index is 0. The van der Waals surface area contributed by atoms with Crippen LogP contribution < -0.4 is 5.73 Å². The molecule has 0 aromatic heterocycles. The summed E-state index contributed by atoms with van der Waals surface area (Å²) in [5.41, 5.74) is 4.47. The molecular formula is C2H5NO3S. The molecule has 0 spiro atoms. The van der Waals surface area contributed by atoms with E-state index in [1.807, 2.05) is 0 Å². The van der Waals surface area contributed by atoms with Crippen molar-refractivity contribution in [2.24, 2.45) is 5.73 Å². The lowest BCUT2D eigenvalue weighted by atomic mass is 10.8. The Hall–Kier alpha value is -0.710. The number of carbonyl (C=O) groups excluding carboxylic acids is 1. The van der Waals surface area contributed by atoms with Gasteiger partial charge in [0.1, 0.15) is 0 Å². The average Bonchev–Trinajstić information content (AvgIpc) is 1.33. The number of rotatable bonds is 0. The van der Waals surface area contributed by atoms with Crippen LogP contribution in [-0.4, -0.2) is 14.3 Å². The van der Waals surface area contributed by atoms with Crippen LogP contribution in [0, 0.1) is 0 Å². The predicted molar refractivity (Wildman–Crippen MR) is 23.8 cm³/mol. The van der Waals surface area contributed by atoms with E-state index >= 15 is 0 Å². The normalized spacial score (nSPS) is 5.29. The zero-order chi connectivity index (χ0) is 6.28. The van der Waals surface area contributed by atoms with Crippen LogP contribution in [0.1, 0.15) is 6.92 Å². The van der Waals surface area contributed by atoms with Gasteiger partial charge >= 0.3 is 11.6 Å². The molecule has 0 aliphatic carbocycles. The minimum atomic E-state index is -0.750. The molecule has 0 fully saturated rings. The van der Waals surface area contributed by atoms with Gasteiger partial charge in [-0.15, -0.1) is 0 Å². The maximum atomic E-state index is 9.22. The third kappa shape index (κ3) is 114. The summed E-state index contributed by atoms with van der Waals surface area (Å²) >= 11 is -0.750. The fourth-order valence-electron chi connectivity index (χ4n) is 0. The minimum absolute atomic E-state index is 0.333. The molecule has 0 saturated carbocycles. The van der Waals surface area contributed by atoms with Crippen molar-refractivity contribution in [2.75, 3.05) is 0 Å². The highest BCUT2D eigenvalue weighted by Crippen LogP contribution is 1.33. The molecule has 7 heavy (non-hydrogen) atoms. The van der Waals surface area contributed by atoms with Gasteiger partial charge in [-0.1, -0.05) is 0 Å². The van der Waals surface area contributed by atoms with Crippen LogP contribution in [0.15, 0.2) is 0 Å². The first-order chi connectivity index (χ1) is 3.15. The van der Waals surface area contributed by atoms with Crippen molar-refractivity contribution in [3.05, 3.63) is 0 Å². The highest BCUT2D eigenvalue weighted by atomic mass is 32.1. The second-order valence-electron chi connectivity index (χ2n) is 0.679. The second kappa shape index (κ2) is 8.99. The predicted octanol–water partition coefficient (Wildman–Crippen LogP) is -1.18. The number of hydrogen-bond donors (Lipinski definition) is 1. The van der Waals surface area contributed by atoms with E-state index in [2.05, 4.69) is 5.73 Å². The summed E-state index contributed by atoms with van der Waals surface area (Å²) in [6.07, 6.45) is 0. The summed E-state index contributed by atoms with van der Waals surface area (Å²) in [5.74, 6) is -0.333. The SMILES string of the molecule is CC(N)=O.O=S=O. The zero-order valence-electron chi connectivity index (χ0n) is 3.71. The summed E-state index contributed by atoms with van der Waals surface area (Å²) in [5, 5.41) is 0. The first-order valence-corrected chi connectivity index (χ1v) is 1.99. The lowest BCUT2D eigenvalue weighted by molar-refractivity contribution is -0.115. The largest absolute Gasteiger partial charge is 0.370 e. The van der Waals surface area contributed by atoms with E-state index in [-0.39, 0.29) is 5.91 Å². The van der Waals surface area contributed by atoms with E-state index in [0.717, 1.165) is 0 Å². The zero-order valence-corrected chi connectivity index (χ0v) is 4.53. The molecule has 0 aliphatic heterocycles. The summed E-state index contributed by atoms with van der Waals surface area (Å²) in [4.78, 5) is 9.22. The molecule has 4 nitrogen and oxygen atoms in total. The van der Waals surface area contributed by atoms with Crippen LogP contribution in [0.2, 0.25) is 0 Å². The molecule has 2 N–H and O–H groups in total. The number of nitrogens with two attached hydrogens (primary N) is 1. The number of primary amides is 1. The Morgan fingerprint density at radius 2 is 1.57 bits per heavy atom. The molecule has 0 saturated heterocycles. The molecule has 0 rings (SSSR count). The molecule has 0 heterocycles. The van der Waals surface area contributed by atoms with Gasteiger partial charge < -0.3 is 5.73 Å². The fourth-order valence-corrected chi connectivity index (χ4v) is 0. The maximum absolute atomic E-state index is 9.22. The Morgan fingerprint density at radius 1 is 1.57 bits per heavy atom. The molecule has 5 heteroatoms. The van der Waals surface area contributed by atoms with Gasteiger partial charge in [-0.3, -0.25) is 4.79 Å². The molecule has 0 atom stereocenters. The molecule has 0 aliphatic rings. The van der Waals surface area contributed by atoms with Crippen LogP contribution in [0.4, 0.5) is 0 Å². The van der Waals surface area contributed by atoms with Crippen LogP contribution >= 0.6 is 0 Å². The standard InChI is InChI=1S/C2H5NO.O2S/c1-2(3)4;1-3-2/h1H3,(H2,3,4);. The van der Waals surface area contributed by atoms with Crippen LogP contribution in [-0.2, 0) is 16.4 Å². The van der Waals surface area contributed by atoms with Crippen molar-refractivity contribution in [3.8, 4) is 0 Å². The molecule has 0 aromatic carbocycles. The van der Waals surface area contributed by atoms with Crippen molar-refractivity contribution in [3.63, 3.8) is 0 Å². The third-order valence-electron chi connectivity index (χ3n) is 0. The highest BCUT2D eigenvalue weighted by Gasteiger charge is 1.61. The molecule has 0 radical (unpaired) electrons. The Labute approximate surface area is 44.3 Å². The monoisotopic (exact) mass is 123 g/mol. The Kier molecular flexibility index (Phi) is 12.3. The van der Waals surface area contributed by atoms with E-state index in [1.165, 1.54) is 6.92 Å². The Bertz CT molecular complexity index is 80.9. The number of amides is 1. The average molecular weight is 123 g/mol. The smallest absolute Gasteiger partial charge is 0.335 e.